The molecule has 0 aliphatic carbocycles. The van der Waals surface area contributed by atoms with Crippen LogP contribution in [-0.4, -0.2) is 36.0 Å². The minimum atomic E-state index is -0.0478. The molecule has 0 unspecified atom stereocenters. The summed E-state index contributed by atoms with van der Waals surface area (Å²) < 4.78 is 5.72. The fourth-order valence-electron chi connectivity index (χ4n) is 3.27. The molecule has 0 saturated heterocycles. The Morgan fingerprint density at radius 3 is 2.74 bits per heavy atom. The van der Waals surface area contributed by atoms with Crippen LogP contribution in [0, 0.1) is 0 Å². The maximum Gasteiger partial charge on any atom is 0.241 e. The highest BCUT2D eigenvalue weighted by Crippen LogP contribution is 2.31. The van der Waals surface area contributed by atoms with Crippen molar-refractivity contribution in [1.29, 1.82) is 0 Å². The molecule has 4 heteroatoms. The van der Waals surface area contributed by atoms with Crippen LogP contribution in [-0.2, 0) is 11.2 Å². The van der Waals surface area contributed by atoms with Crippen molar-refractivity contribution in [3.05, 3.63) is 23.8 Å². The van der Waals surface area contributed by atoms with E-state index in [9.17, 15) is 4.79 Å². The van der Waals surface area contributed by atoms with E-state index in [4.69, 9.17) is 4.74 Å². The van der Waals surface area contributed by atoms with E-state index in [-0.39, 0.29) is 18.1 Å². The molecule has 0 bridgehead atoms. The minimum Gasteiger partial charge on any atom is -0.490 e. The highest BCUT2D eigenvalue weighted by molar-refractivity contribution is 5.95. The maximum absolute atomic E-state index is 12.8. The van der Waals surface area contributed by atoms with Crippen molar-refractivity contribution >= 4 is 11.6 Å². The summed E-state index contributed by atoms with van der Waals surface area (Å²) in [4.78, 5) is 15.0. The van der Waals surface area contributed by atoms with Gasteiger partial charge < -0.3 is 10.1 Å². The second-order valence-corrected chi connectivity index (χ2v) is 6.32. The molecule has 128 valence electrons. The molecule has 1 aliphatic rings. The third-order valence-electron chi connectivity index (χ3n) is 4.55. The lowest BCUT2D eigenvalue weighted by atomic mass is 10.1. The Morgan fingerprint density at radius 2 is 2.09 bits per heavy atom. The topological polar surface area (TPSA) is 41.6 Å². The minimum absolute atomic E-state index is 0.0478. The lowest BCUT2D eigenvalue weighted by molar-refractivity contribution is -0.121. The van der Waals surface area contributed by atoms with Crippen molar-refractivity contribution in [2.75, 3.05) is 18.4 Å². The van der Waals surface area contributed by atoms with E-state index >= 15 is 0 Å². The number of rotatable bonds is 8. The van der Waals surface area contributed by atoms with Gasteiger partial charge in [0.1, 0.15) is 11.9 Å². The van der Waals surface area contributed by atoms with Crippen LogP contribution in [0.15, 0.2) is 18.2 Å². The van der Waals surface area contributed by atoms with Crippen molar-refractivity contribution in [2.45, 2.75) is 65.5 Å². The quantitative estimate of drug-likeness (QED) is 0.791. The van der Waals surface area contributed by atoms with Gasteiger partial charge in [-0.05, 0) is 50.2 Å². The summed E-state index contributed by atoms with van der Waals surface area (Å²) in [5.74, 6) is 1.05. The number of carbonyl (C=O) groups is 1. The van der Waals surface area contributed by atoms with Gasteiger partial charge in [0.25, 0.3) is 0 Å². The maximum atomic E-state index is 12.8. The van der Waals surface area contributed by atoms with E-state index in [0.717, 1.165) is 50.2 Å². The zero-order valence-electron chi connectivity index (χ0n) is 14.9. The summed E-state index contributed by atoms with van der Waals surface area (Å²) in [7, 11) is 0. The summed E-state index contributed by atoms with van der Waals surface area (Å²) in [6.07, 6.45) is 4.23. The zero-order chi connectivity index (χ0) is 16.8. The first-order chi connectivity index (χ1) is 11.1. The molecule has 2 atom stereocenters. The molecule has 1 aromatic rings. The lowest BCUT2D eigenvalue weighted by Gasteiger charge is -2.28. The first-order valence-corrected chi connectivity index (χ1v) is 8.93. The first-order valence-electron chi connectivity index (χ1n) is 8.93. The predicted octanol–water partition coefficient (Wildman–Crippen LogP) is 3.85. The van der Waals surface area contributed by atoms with Crippen molar-refractivity contribution in [3.63, 3.8) is 0 Å². The largest absolute Gasteiger partial charge is 0.490 e. The van der Waals surface area contributed by atoms with Gasteiger partial charge in [-0.2, -0.15) is 0 Å². The van der Waals surface area contributed by atoms with Crippen molar-refractivity contribution in [3.8, 4) is 5.75 Å². The molecule has 0 spiro atoms. The molecule has 1 amide bonds. The van der Waals surface area contributed by atoms with E-state index in [1.54, 1.807) is 0 Å². The number of ether oxygens (including phenoxy) is 1. The van der Waals surface area contributed by atoms with Gasteiger partial charge in [0, 0.05) is 12.1 Å². The SMILES string of the molecule is CCCC[C@H](C(=O)Nc1ccc2c(c1)C[C@@H](C)O2)N(CC)CC. The second-order valence-electron chi connectivity index (χ2n) is 6.32. The van der Waals surface area contributed by atoms with Crippen LogP contribution in [0.5, 0.6) is 5.75 Å². The molecular weight excluding hydrogens is 288 g/mol. The number of fused-ring (bicyclic) bond motifs is 1. The Bertz CT molecular complexity index is 526. The van der Waals surface area contributed by atoms with Crippen molar-refractivity contribution < 1.29 is 9.53 Å². The van der Waals surface area contributed by atoms with Crippen LogP contribution in [0.1, 0.15) is 52.5 Å². The molecule has 4 nitrogen and oxygen atoms in total. The smallest absolute Gasteiger partial charge is 0.241 e. The molecule has 1 N–H and O–H groups in total. The number of nitrogens with one attached hydrogen (secondary N) is 1. The molecule has 0 aromatic heterocycles. The van der Waals surface area contributed by atoms with Gasteiger partial charge >= 0.3 is 0 Å². The number of likely N-dealkylation sites (N-methyl/N-ethyl adjacent to an activating group) is 1. The molecule has 0 saturated carbocycles. The fourth-order valence-corrected chi connectivity index (χ4v) is 3.27. The van der Waals surface area contributed by atoms with Crippen molar-refractivity contribution in [1.82, 2.24) is 4.90 Å². The molecule has 0 radical (unpaired) electrons. The first kappa shape index (κ1) is 17.8. The van der Waals surface area contributed by atoms with Crippen LogP contribution in [0.4, 0.5) is 5.69 Å². The predicted molar refractivity (Wildman–Crippen MR) is 95.1 cm³/mol. The summed E-state index contributed by atoms with van der Waals surface area (Å²) in [5.41, 5.74) is 2.06. The molecule has 1 heterocycles. The molecule has 23 heavy (non-hydrogen) atoms. The van der Waals surface area contributed by atoms with E-state index in [2.05, 4.69) is 44.0 Å². The van der Waals surface area contributed by atoms with Gasteiger partial charge in [0.2, 0.25) is 5.91 Å². The molecular formula is C19H30N2O2. The van der Waals surface area contributed by atoms with Crippen LogP contribution < -0.4 is 10.1 Å². The van der Waals surface area contributed by atoms with Crippen LogP contribution in [0.3, 0.4) is 0 Å². The molecule has 1 aliphatic heterocycles. The van der Waals surface area contributed by atoms with Gasteiger partial charge in [0.05, 0.1) is 6.04 Å². The Kier molecular flexibility index (Phi) is 6.46. The van der Waals surface area contributed by atoms with Gasteiger partial charge in [-0.1, -0.05) is 33.6 Å². The van der Waals surface area contributed by atoms with E-state index < -0.39 is 0 Å². The Balaban J connectivity index is 2.07. The highest BCUT2D eigenvalue weighted by Gasteiger charge is 2.24. The summed E-state index contributed by atoms with van der Waals surface area (Å²) in [6.45, 7) is 10.3. The van der Waals surface area contributed by atoms with Gasteiger partial charge in [-0.15, -0.1) is 0 Å². The van der Waals surface area contributed by atoms with E-state index in [0.29, 0.717) is 0 Å². The summed E-state index contributed by atoms with van der Waals surface area (Å²) >= 11 is 0. The number of benzene rings is 1. The van der Waals surface area contributed by atoms with Crippen LogP contribution in [0.25, 0.3) is 0 Å². The molecule has 0 fully saturated rings. The van der Waals surface area contributed by atoms with E-state index in [1.165, 1.54) is 5.56 Å². The standard InChI is InChI=1S/C19H30N2O2/c1-5-8-9-17(21(6-2)7-3)19(22)20-16-10-11-18-15(13-16)12-14(4)23-18/h10-11,13-14,17H,5-9,12H2,1-4H3,(H,20,22)/t14-,17-/m1/s1. The summed E-state index contributed by atoms with van der Waals surface area (Å²) in [5, 5.41) is 3.11. The number of carbonyl (C=O) groups excluding carboxylic acids is 1. The van der Waals surface area contributed by atoms with Crippen LogP contribution in [0.2, 0.25) is 0 Å². The average molecular weight is 318 g/mol. The van der Waals surface area contributed by atoms with Gasteiger partial charge in [-0.25, -0.2) is 0 Å². The Morgan fingerprint density at radius 1 is 1.35 bits per heavy atom. The van der Waals surface area contributed by atoms with Crippen LogP contribution >= 0.6 is 0 Å². The Labute approximate surface area is 140 Å². The van der Waals surface area contributed by atoms with Crippen molar-refractivity contribution in [2.24, 2.45) is 0 Å². The number of anilines is 1. The zero-order valence-corrected chi connectivity index (χ0v) is 14.9. The van der Waals surface area contributed by atoms with Gasteiger partial charge in [-0.3, -0.25) is 9.69 Å². The molecule has 2 rings (SSSR count). The summed E-state index contributed by atoms with van der Waals surface area (Å²) in [6, 6.07) is 5.91. The Hall–Kier alpha value is -1.55. The normalized spacial score (nSPS) is 17.7. The third-order valence-corrected chi connectivity index (χ3v) is 4.55. The second kappa shape index (κ2) is 8.34. The third kappa shape index (κ3) is 4.47. The number of hydrogen-bond donors (Lipinski definition) is 1. The number of hydrogen-bond acceptors (Lipinski definition) is 3. The molecule has 1 aromatic carbocycles. The number of nitrogens with zero attached hydrogens (tertiary/aromatic N) is 1. The van der Waals surface area contributed by atoms with Gasteiger partial charge in [0.15, 0.2) is 0 Å². The fraction of sp³-hybridized carbons (Fsp3) is 0.632. The lowest BCUT2D eigenvalue weighted by Crippen LogP contribution is -2.44. The monoisotopic (exact) mass is 318 g/mol. The highest BCUT2D eigenvalue weighted by atomic mass is 16.5. The average Bonchev–Trinajstić information content (AvgIpc) is 2.90. The number of unbranched alkanes of at least 4 members (excludes halogenated alkanes) is 1. The van der Waals surface area contributed by atoms with E-state index in [1.807, 2.05) is 12.1 Å². The number of amides is 1.